The average Bonchev–Trinajstić information content (AvgIpc) is 2.83. The molecule has 1 aliphatic rings. The first-order chi connectivity index (χ1) is 11.3. The SMILES string of the molecule is Cc1cc(C(=O)OCC(=O)O[C@@H]2C[C@@H](C)CC[C@@H]2C(C)C)c(C)o1. The van der Waals surface area contributed by atoms with E-state index in [2.05, 4.69) is 20.8 Å². The molecule has 0 amide bonds. The van der Waals surface area contributed by atoms with Crippen molar-refractivity contribution >= 4 is 11.9 Å². The predicted molar refractivity (Wildman–Crippen MR) is 89.7 cm³/mol. The van der Waals surface area contributed by atoms with Gasteiger partial charge in [-0.2, -0.15) is 0 Å². The molecule has 1 aromatic heterocycles. The second kappa shape index (κ2) is 7.86. The van der Waals surface area contributed by atoms with Gasteiger partial charge < -0.3 is 13.9 Å². The van der Waals surface area contributed by atoms with E-state index < -0.39 is 11.9 Å². The van der Waals surface area contributed by atoms with Crippen molar-refractivity contribution in [3.63, 3.8) is 0 Å². The van der Waals surface area contributed by atoms with Gasteiger partial charge in [-0.3, -0.25) is 0 Å². The van der Waals surface area contributed by atoms with Crippen molar-refractivity contribution in [3.05, 3.63) is 23.2 Å². The lowest BCUT2D eigenvalue weighted by Gasteiger charge is -2.36. The van der Waals surface area contributed by atoms with Crippen molar-refractivity contribution in [2.75, 3.05) is 6.61 Å². The van der Waals surface area contributed by atoms with Crippen molar-refractivity contribution in [1.82, 2.24) is 0 Å². The third-order valence-corrected chi connectivity index (χ3v) is 4.83. The number of hydrogen-bond donors (Lipinski definition) is 0. The number of carbonyl (C=O) groups excluding carboxylic acids is 2. The molecule has 1 fully saturated rings. The Bertz CT molecular complexity index is 587. The maximum atomic E-state index is 12.1. The highest BCUT2D eigenvalue weighted by atomic mass is 16.6. The van der Waals surface area contributed by atoms with Gasteiger partial charge in [-0.15, -0.1) is 0 Å². The summed E-state index contributed by atoms with van der Waals surface area (Å²) in [5, 5.41) is 0. The molecule has 134 valence electrons. The average molecular weight is 336 g/mol. The van der Waals surface area contributed by atoms with E-state index in [0.29, 0.717) is 34.8 Å². The fraction of sp³-hybridized carbons (Fsp3) is 0.684. The topological polar surface area (TPSA) is 65.7 Å². The van der Waals surface area contributed by atoms with Gasteiger partial charge in [0.15, 0.2) is 6.61 Å². The van der Waals surface area contributed by atoms with Gasteiger partial charge in [0, 0.05) is 0 Å². The minimum atomic E-state index is -0.557. The second-order valence-electron chi connectivity index (χ2n) is 7.26. The molecule has 1 aromatic rings. The van der Waals surface area contributed by atoms with Gasteiger partial charge in [0.25, 0.3) is 0 Å². The minimum absolute atomic E-state index is 0.0853. The largest absolute Gasteiger partial charge is 0.466 e. The first-order valence-electron chi connectivity index (χ1n) is 8.71. The molecule has 0 radical (unpaired) electrons. The van der Waals surface area contributed by atoms with Crippen LogP contribution in [0, 0.1) is 31.6 Å². The van der Waals surface area contributed by atoms with Gasteiger partial charge in [-0.1, -0.05) is 27.2 Å². The van der Waals surface area contributed by atoms with E-state index in [1.807, 2.05) is 0 Å². The molecule has 1 saturated carbocycles. The lowest BCUT2D eigenvalue weighted by Crippen LogP contribution is -2.36. The van der Waals surface area contributed by atoms with E-state index in [1.165, 1.54) is 6.42 Å². The van der Waals surface area contributed by atoms with Gasteiger partial charge in [-0.25, -0.2) is 9.59 Å². The van der Waals surface area contributed by atoms with Crippen molar-refractivity contribution in [1.29, 1.82) is 0 Å². The monoisotopic (exact) mass is 336 g/mol. The summed E-state index contributed by atoms with van der Waals surface area (Å²) in [4.78, 5) is 24.1. The van der Waals surface area contributed by atoms with Crippen LogP contribution in [0.15, 0.2) is 10.5 Å². The molecule has 1 aliphatic carbocycles. The number of hydrogen-bond acceptors (Lipinski definition) is 5. The van der Waals surface area contributed by atoms with Crippen LogP contribution >= 0.6 is 0 Å². The van der Waals surface area contributed by atoms with Gasteiger partial charge in [0.05, 0.1) is 0 Å². The standard InChI is InChI=1S/C19H28O5/c1-11(2)15-7-6-12(3)8-17(15)24-18(20)10-22-19(21)16-9-13(4)23-14(16)5/h9,11-12,15,17H,6-8,10H2,1-5H3/t12-,15+,17+/m0/s1. The molecule has 0 spiro atoms. The number of aryl methyl sites for hydroxylation is 2. The van der Waals surface area contributed by atoms with E-state index in [9.17, 15) is 9.59 Å². The van der Waals surface area contributed by atoms with E-state index in [0.717, 1.165) is 12.8 Å². The third kappa shape index (κ3) is 4.62. The van der Waals surface area contributed by atoms with Crippen LogP contribution in [-0.4, -0.2) is 24.6 Å². The van der Waals surface area contributed by atoms with Gasteiger partial charge in [0.1, 0.15) is 23.2 Å². The summed E-state index contributed by atoms with van der Waals surface area (Å²) in [6.45, 7) is 9.59. The van der Waals surface area contributed by atoms with Crippen LogP contribution < -0.4 is 0 Å². The smallest absolute Gasteiger partial charge is 0.344 e. The summed E-state index contributed by atoms with van der Waals surface area (Å²) in [7, 11) is 0. The molecule has 0 bridgehead atoms. The Hall–Kier alpha value is -1.78. The third-order valence-electron chi connectivity index (χ3n) is 4.83. The Kier molecular flexibility index (Phi) is 6.08. The minimum Gasteiger partial charge on any atom is -0.466 e. The Morgan fingerprint density at radius 1 is 1.29 bits per heavy atom. The quantitative estimate of drug-likeness (QED) is 0.759. The van der Waals surface area contributed by atoms with Crippen LogP contribution in [0.4, 0.5) is 0 Å². The van der Waals surface area contributed by atoms with Crippen LogP contribution in [0.1, 0.15) is 61.9 Å². The molecule has 0 aliphatic heterocycles. The summed E-state index contributed by atoms with van der Waals surface area (Å²) in [5.74, 6) is 1.49. The molecule has 0 saturated heterocycles. The molecular formula is C19H28O5. The summed E-state index contributed by atoms with van der Waals surface area (Å²) in [5.41, 5.74) is 0.353. The summed E-state index contributed by atoms with van der Waals surface area (Å²) >= 11 is 0. The molecule has 0 unspecified atom stereocenters. The molecule has 0 aromatic carbocycles. The van der Waals surface area contributed by atoms with Crippen molar-refractivity contribution in [3.8, 4) is 0 Å². The summed E-state index contributed by atoms with van der Waals surface area (Å²) in [6, 6.07) is 1.61. The molecule has 5 nitrogen and oxygen atoms in total. The van der Waals surface area contributed by atoms with Crippen LogP contribution in [-0.2, 0) is 14.3 Å². The molecule has 1 heterocycles. The highest BCUT2D eigenvalue weighted by Crippen LogP contribution is 2.35. The lowest BCUT2D eigenvalue weighted by atomic mass is 9.75. The van der Waals surface area contributed by atoms with Crippen LogP contribution in [0.5, 0.6) is 0 Å². The molecular weight excluding hydrogens is 308 g/mol. The van der Waals surface area contributed by atoms with Crippen LogP contribution in [0.25, 0.3) is 0 Å². The maximum absolute atomic E-state index is 12.1. The van der Waals surface area contributed by atoms with Gasteiger partial charge in [0.2, 0.25) is 0 Å². The maximum Gasteiger partial charge on any atom is 0.344 e. The fourth-order valence-corrected chi connectivity index (χ4v) is 3.49. The number of furan rings is 1. The van der Waals surface area contributed by atoms with Crippen LogP contribution in [0.3, 0.4) is 0 Å². The number of ether oxygens (including phenoxy) is 2. The molecule has 24 heavy (non-hydrogen) atoms. The summed E-state index contributed by atoms with van der Waals surface area (Å²) < 4.78 is 16.0. The zero-order chi connectivity index (χ0) is 17.9. The molecule has 3 atom stereocenters. The lowest BCUT2D eigenvalue weighted by molar-refractivity contribution is -0.159. The Morgan fingerprint density at radius 3 is 2.58 bits per heavy atom. The fourth-order valence-electron chi connectivity index (χ4n) is 3.49. The van der Waals surface area contributed by atoms with E-state index in [1.54, 1.807) is 19.9 Å². The number of carbonyl (C=O) groups is 2. The van der Waals surface area contributed by atoms with Crippen molar-refractivity contribution < 1.29 is 23.5 Å². The number of rotatable bonds is 5. The first kappa shape index (κ1) is 18.6. The van der Waals surface area contributed by atoms with E-state index >= 15 is 0 Å². The van der Waals surface area contributed by atoms with E-state index in [4.69, 9.17) is 13.9 Å². The second-order valence-corrected chi connectivity index (χ2v) is 7.26. The normalized spacial score (nSPS) is 24.0. The summed E-state index contributed by atoms with van der Waals surface area (Å²) in [6.07, 6.45) is 3.04. The van der Waals surface area contributed by atoms with Crippen molar-refractivity contribution in [2.45, 2.75) is 60.0 Å². The van der Waals surface area contributed by atoms with Crippen molar-refractivity contribution in [2.24, 2.45) is 17.8 Å². The Labute approximate surface area is 143 Å². The first-order valence-corrected chi connectivity index (χ1v) is 8.71. The zero-order valence-corrected chi connectivity index (χ0v) is 15.3. The predicted octanol–water partition coefficient (Wildman–Crippen LogP) is 4.06. The van der Waals surface area contributed by atoms with Crippen LogP contribution in [0.2, 0.25) is 0 Å². The number of esters is 2. The molecule has 0 N–H and O–H groups in total. The zero-order valence-electron chi connectivity index (χ0n) is 15.3. The highest BCUT2D eigenvalue weighted by Gasteiger charge is 2.33. The van der Waals surface area contributed by atoms with E-state index in [-0.39, 0.29) is 12.7 Å². The highest BCUT2D eigenvalue weighted by molar-refractivity contribution is 5.91. The van der Waals surface area contributed by atoms with Gasteiger partial charge in [-0.05, 0) is 50.5 Å². The Morgan fingerprint density at radius 2 is 2.00 bits per heavy atom. The molecule has 2 rings (SSSR count). The Balaban J connectivity index is 1.88. The molecule has 5 heteroatoms. The van der Waals surface area contributed by atoms with Gasteiger partial charge >= 0.3 is 11.9 Å².